The summed E-state index contributed by atoms with van der Waals surface area (Å²) in [5.41, 5.74) is 5.35. The highest BCUT2D eigenvalue weighted by atomic mass is 16.6. The van der Waals surface area contributed by atoms with Crippen molar-refractivity contribution in [3.8, 4) is 16.9 Å². The van der Waals surface area contributed by atoms with Crippen LogP contribution in [0.3, 0.4) is 0 Å². The number of para-hydroxylation sites is 1. The van der Waals surface area contributed by atoms with Crippen LogP contribution in [0.25, 0.3) is 16.9 Å². The van der Waals surface area contributed by atoms with Gasteiger partial charge in [0.05, 0.1) is 22.7 Å². The van der Waals surface area contributed by atoms with Crippen molar-refractivity contribution < 1.29 is 9.72 Å². The number of hydrogen-bond acceptors (Lipinski definition) is 5. The molecule has 0 unspecified atom stereocenters. The van der Waals surface area contributed by atoms with Gasteiger partial charge < -0.3 is 5.32 Å². The fourth-order valence-electron chi connectivity index (χ4n) is 4.73. The van der Waals surface area contributed by atoms with Crippen LogP contribution in [0.5, 0.6) is 0 Å². The number of likely N-dealkylation sites (tertiary alicyclic amines) is 1. The third kappa shape index (κ3) is 5.92. The Hall–Kier alpha value is -4.30. The molecule has 0 spiro atoms. The molecule has 8 heteroatoms. The zero-order valence-electron chi connectivity index (χ0n) is 20.5. The van der Waals surface area contributed by atoms with E-state index < -0.39 is 4.92 Å². The monoisotopic (exact) mass is 495 g/mol. The molecule has 1 aromatic heterocycles. The van der Waals surface area contributed by atoms with Gasteiger partial charge >= 0.3 is 0 Å². The highest BCUT2D eigenvalue weighted by Crippen LogP contribution is 2.26. The Labute approximate surface area is 215 Å². The van der Waals surface area contributed by atoms with E-state index >= 15 is 0 Å². The molecule has 0 radical (unpaired) electrons. The number of carbonyl (C=O) groups is 1. The van der Waals surface area contributed by atoms with E-state index in [1.54, 1.807) is 16.8 Å². The van der Waals surface area contributed by atoms with E-state index in [2.05, 4.69) is 22.3 Å². The molecule has 2 heterocycles. The average molecular weight is 496 g/mol. The van der Waals surface area contributed by atoms with Gasteiger partial charge in [-0.25, -0.2) is 4.68 Å². The van der Waals surface area contributed by atoms with Gasteiger partial charge in [-0.1, -0.05) is 42.5 Å². The fourth-order valence-corrected chi connectivity index (χ4v) is 4.73. The summed E-state index contributed by atoms with van der Waals surface area (Å²) in [4.78, 5) is 26.2. The van der Waals surface area contributed by atoms with Crippen LogP contribution in [0.15, 0.2) is 85.1 Å². The van der Waals surface area contributed by atoms with Gasteiger partial charge in [-0.15, -0.1) is 0 Å². The molecule has 8 nitrogen and oxygen atoms in total. The summed E-state index contributed by atoms with van der Waals surface area (Å²) in [6, 6.07) is 24.2. The highest BCUT2D eigenvalue weighted by Gasteiger charge is 2.18. The van der Waals surface area contributed by atoms with Crippen LogP contribution >= 0.6 is 0 Å². The number of rotatable bonds is 9. The van der Waals surface area contributed by atoms with E-state index in [4.69, 9.17) is 5.10 Å². The van der Waals surface area contributed by atoms with Gasteiger partial charge in [0.15, 0.2) is 0 Å². The van der Waals surface area contributed by atoms with Crippen LogP contribution in [-0.4, -0.2) is 38.6 Å². The summed E-state index contributed by atoms with van der Waals surface area (Å²) < 4.78 is 1.74. The largest absolute Gasteiger partial charge is 0.352 e. The average Bonchev–Trinajstić information content (AvgIpc) is 3.59. The van der Waals surface area contributed by atoms with Crippen molar-refractivity contribution in [2.75, 3.05) is 13.1 Å². The molecule has 0 aliphatic carbocycles. The lowest BCUT2D eigenvalue weighted by Crippen LogP contribution is -2.26. The molecule has 1 aliphatic heterocycles. The number of benzene rings is 3. The van der Waals surface area contributed by atoms with Crippen molar-refractivity contribution in [2.45, 2.75) is 32.4 Å². The first-order chi connectivity index (χ1) is 18.1. The smallest absolute Gasteiger partial charge is 0.269 e. The molecule has 37 heavy (non-hydrogen) atoms. The second-order valence-corrected chi connectivity index (χ2v) is 9.29. The van der Waals surface area contributed by atoms with Gasteiger partial charge in [-0.05, 0) is 61.3 Å². The van der Waals surface area contributed by atoms with Crippen molar-refractivity contribution >= 4 is 11.6 Å². The second kappa shape index (κ2) is 11.2. The molecule has 1 N–H and O–H groups in total. The number of nitro groups is 1. The minimum Gasteiger partial charge on any atom is -0.352 e. The molecule has 4 aromatic rings. The van der Waals surface area contributed by atoms with Gasteiger partial charge in [-0.3, -0.25) is 19.8 Å². The van der Waals surface area contributed by atoms with E-state index in [0.717, 1.165) is 42.0 Å². The van der Waals surface area contributed by atoms with Crippen LogP contribution in [0, 0.1) is 10.1 Å². The van der Waals surface area contributed by atoms with Gasteiger partial charge in [0.1, 0.15) is 0 Å². The van der Waals surface area contributed by atoms with Crippen molar-refractivity contribution in [3.05, 3.63) is 112 Å². The lowest BCUT2D eigenvalue weighted by atomic mass is 10.0. The Morgan fingerprint density at radius 3 is 2.27 bits per heavy atom. The zero-order chi connectivity index (χ0) is 25.6. The van der Waals surface area contributed by atoms with E-state index in [9.17, 15) is 14.9 Å². The Morgan fingerprint density at radius 1 is 0.892 bits per heavy atom. The second-order valence-electron chi connectivity index (χ2n) is 9.29. The Balaban J connectivity index is 1.34. The summed E-state index contributed by atoms with van der Waals surface area (Å²) in [5.74, 6) is -0.105. The first-order valence-corrected chi connectivity index (χ1v) is 12.5. The summed E-state index contributed by atoms with van der Waals surface area (Å²) in [7, 11) is 0. The zero-order valence-corrected chi connectivity index (χ0v) is 20.5. The first-order valence-electron chi connectivity index (χ1n) is 12.5. The molecule has 0 saturated carbocycles. The number of non-ortho nitro benzene ring substituents is 1. The molecule has 1 amide bonds. The molecule has 1 aliphatic rings. The van der Waals surface area contributed by atoms with Crippen LogP contribution in [-0.2, 0) is 24.3 Å². The molecular formula is C29H29N5O3. The third-order valence-electron chi connectivity index (χ3n) is 6.70. The summed E-state index contributed by atoms with van der Waals surface area (Å²) in [6.45, 7) is 3.61. The first kappa shape index (κ1) is 24.4. The molecule has 0 bridgehead atoms. The van der Waals surface area contributed by atoms with Crippen LogP contribution < -0.4 is 5.32 Å². The quantitative estimate of drug-likeness (QED) is 0.263. The van der Waals surface area contributed by atoms with Crippen LogP contribution in [0.1, 0.15) is 29.5 Å². The van der Waals surface area contributed by atoms with E-state index in [1.807, 2.05) is 48.7 Å². The van der Waals surface area contributed by atoms with Crippen LogP contribution in [0.4, 0.5) is 5.69 Å². The molecule has 1 saturated heterocycles. The molecule has 1 fully saturated rings. The molecular weight excluding hydrogens is 466 g/mol. The van der Waals surface area contributed by atoms with Crippen molar-refractivity contribution in [1.29, 1.82) is 0 Å². The van der Waals surface area contributed by atoms with E-state index in [0.29, 0.717) is 12.2 Å². The maximum Gasteiger partial charge on any atom is 0.269 e. The third-order valence-corrected chi connectivity index (χ3v) is 6.70. The lowest BCUT2D eigenvalue weighted by Gasteiger charge is -2.17. The molecule has 5 rings (SSSR count). The number of amides is 1. The standard InChI is InChI=1S/C29H29N5O3/c35-28(30-19-23-8-4-5-9-24(23)20-32-16-6-7-17-32)18-25-21-33(26-10-2-1-3-11-26)31-29(25)22-12-14-27(15-13-22)34(36)37/h1-5,8-15,21H,6-7,16-20H2,(H,30,35). The van der Waals surface area contributed by atoms with Gasteiger partial charge in [0.2, 0.25) is 5.91 Å². The van der Waals surface area contributed by atoms with Gasteiger partial charge in [-0.2, -0.15) is 5.10 Å². The SMILES string of the molecule is O=C(Cc1cn(-c2ccccc2)nc1-c1ccc([N+](=O)[O-])cc1)NCc1ccccc1CN1CCCC1. The number of carbonyl (C=O) groups excluding carboxylic acids is 1. The summed E-state index contributed by atoms with van der Waals surface area (Å²) >= 11 is 0. The van der Waals surface area contributed by atoms with Gasteiger partial charge in [0, 0.05) is 42.5 Å². The summed E-state index contributed by atoms with van der Waals surface area (Å²) in [6.07, 6.45) is 4.49. The molecule has 188 valence electrons. The Bertz CT molecular complexity index is 1380. The number of aromatic nitrogens is 2. The lowest BCUT2D eigenvalue weighted by molar-refractivity contribution is -0.384. The molecule has 3 aromatic carbocycles. The summed E-state index contributed by atoms with van der Waals surface area (Å²) in [5, 5.41) is 18.9. The Morgan fingerprint density at radius 2 is 1.57 bits per heavy atom. The van der Waals surface area contributed by atoms with Crippen molar-refractivity contribution in [3.63, 3.8) is 0 Å². The fraction of sp³-hybridized carbons (Fsp3) is 0.241. The number of nitro benzene ring substituents is 1. The van der Waals surface area contributed by atoms with Crippen LogP contribution in [0.2, 0.25) is 0 Å². The normalized spacial score (nSPS) is 13.5. The predicted octanol–water partition coefficient (Wildman–Crippen LogP) is 4.90. The number of nitrogens with zero attached hydrogens (tertiary/aromatic N) is 4. The van der Waals surface area contributed by atoms with E-state index in [-0.39, 0.29) is 18.0 Å². The topological polar surface area (TPSA) is 93.3 Å². The van der Waals surface area contributed by atoms with E-state index in [1.165, 1.54) is 30.5 Å². The maximum absolute atomic E-state index is 13.1. The van der Waals surface area contributed by atoms with Crippen molar-refractivity contribution in [1.82, 2.24) is 20.0 Å². The molecule has 0 atom stereocenters. The Kier molecular flexibility index (Phi) is 7.37. The predicted molar refractivity (Wildman–Crippen MR) is 142 cm³/mol. The minimum absolute atomic E-state index is 0.0122. The highest BCUT2D eigenvalue weighted by molar-refractivity contribution is 5.81. The number of nitrogens with one attached hydrogen (secondary N) is 1. The van der Waals surface area contributed by atoms with Gasteiger partial charge in [0.25, 0.3) is 5.69 Å². The number of hydrogen-bond donors (Lipinski definition) is 1. The minimum atomic E-state index is -0.428. The van der Waals surface area contributed by atoms with Crippen molar-refractivity contribution in [2.24, 2.45) is 0 Å². The maximum atomic E-state index is 13.1.